The molecule has 2 aromatic rings. The second-order valence-corrected chi connectivity index (χ2v) is 5.41. The van der Waals surface area contributed by atoms with E-state index >= 15 is 0 Å². The molecule has 0 aliphatic heterocycles. The third-order valence-corrected chi connectivity index (χ3v) is 3.23. The molecule has 2 rings (SSSR count). The Morgan fingerprint density at radius 1 is 1.27 bits per heavy atom. The highest BCUT2D eigenvalue weighted by Crippen LogP contribution is 2.27. The van der Waals surface area contributed by atoms with Crippen molar-refractivity contribution >= 4 is 35.3 Å². The van der Waals surface area contributed by atoms with Crippen molar-refractivity contribution in [3.63, 3.8) is 0 Å². The van der Waals surface area contributed by atoms with Crippen LogP contribution in [-0.2, 0) is 4.79 Å². The van der Waals surface area contributed by atoms with Gasteiger partial charge in [-0.15, -0.1) is 0 Å². The first-order chi connectivity index (χ1) is 10.5. The number of ether oxygens (including phenoxy) is 1. The molecule has 0 atom stereocenters. The molecule has 0 radical (unpaired) electrons. The summed E-state index contributed by atoms with van der Waals surface area (Å²) in [4.78, 5) is 11.6. The van der Waals surface area contributed by atoms with Gasteiger partial charge in [-0.2, -0.15) is 5.10 Å². The molecule has 2 aromatic carbocycles. The minimum atomic E-state index is -0.380. The fourth-order valence-corrected chi connectivity index (χ4v) is 2.16. The van der Waals surface area contributed by atoms with E-state index in [1.807, 2.05) is 31.2 Å². The van der Waals surface area contributed by atoms with Crippen LogP contribution in [0.2, 0.25) is 10.0 Å². The summed E-state index contributed by atoms with van der Waals surface area (Å²) >= 11 is 11.7. The number of rotatable bonds is 5. The number of benzene rings is 2. The minimum Gasteiger partial charge on any atom is -0.482 e. The molecule has 4 nitrogen and oxygen atoms in total. The van der Waals surface area contributed by atoms with Crippen molar-refractivity contribution in [3.05, 3.63) is 63.6 Å². The quantitative estimate of drug-likeness (QED) is 0.666. The predicted octanol–water partition coefficient (Wildman–Crippen LogP) is 3.83. The zero-order valence-corrected chi connectivity index (χ0v) is 13.4. The van der Waals surface area contributed by atoms with Gasteiger partial charge in [-0.3, -0.25) is 4.79 Å². The molecule has 0 aromatic heterocycles. The Bertz CT molecular complexity index is 702. The molecule has 0 unspecified atom stereocenters. The molecule has 0 saturated carbocycles. The second kappa shape index (κ2) is 7.82. The number of nitrogens with zero attached hydrogens (tertiary/aromatic N) is 1. The molecule has 0 fully saturated rings. The SMILES string of the molecule is Cc1cccc(C=NNC(=O)COc2ccc(Cl)cc2Cl)c1. The molecule has 22 heavy (non-hydrogen) atoms. The molecular formula is C16H14Cl2N2O2. The monoisotopic (exact) mass is 336 g/mol. The van der Waals surface area contributed by atoms with Crippen LogP contribution in [0.25, 0.3) is 0 Å². The molecule has 6 heteroatoms. The summed E-state index contributed by atoms with van der Waals surface area (Å²) in [5.74, 6) is 0.0128. The summed E-state index contributed by atoms with van der Waals surface area (Å²) in [7, 11) is 0. The number of hydrogen-bond acceptors (Lipinski definition) is 3. The molecule has 1 N–H and O–H groups in total. The Morgan fingerprint density at radius 3 is 2.82 bits per heavy atom. The van der Waals surface area contributed by atoms with Crippen molar-refractivity contribution in [3.8, 4) is 5.75 Å². The number of hydrazone groups is 1. The second-order valence-electron chi connectivity index (χ2n) is 4.57. The van der Waals surface area contributed by atoms with Gasteiger partial charge in [0.15, 0.2) is 6.61 Å². The van der Waals surface area contributed by atoms with Gasteiger partial charge in [0.25, 0.3) is 5.91 Å². The molecule has 0 aliphatic carbocycles. The average molecular weight is 337 g/mol. The third kappa shape index (κ3) is 5.06. The highest BCUT2D eigenvalue weighted by molar-refractivity contribution is 6.35. The Morgan fingerprint density at radius 2 is 2.09 bits per heavy atom. The van der Waals surface area contributed by atoms with Crippen LogP contribution in [0.4, 0.5) is 0 Å². The number of halogens is 2. The summed E-state index contributed by atoms with van der Waals surface area (Å²) in [6.45, 7) is 1.80. The van der Waals surface area contributed by atoms with E-state index in [0.29, 0.717) is 15.8 Å². The molecule has 1 amide bonds. The molecule has 0 heterocycles. The van der Waals surface area contributed by atoms with Crippen LogP contribution in [0.5, 0.6) is 5.75 Å². The maximum atomic E-state index is 11.6. The van der Waals surface area contributed by atoms with Gasteiger partial charge in [-0.05, 0) is 30.7 Å². The predicted molar refractivity (Wildman–Crippen MR) is 88.9 cm³/mol. The van der Waals surface area contributed by atoms with Gasteiger partial charge < -0.3 is 4.74 Å². The molecular weight excluding hydrogens is 323 g/mol. The van der Waals surface area contributed by atoms with Gasteiger partial charge in [-0.1, -0.05) is 53.0 Å². The summed E-state index contributed by atoms with van der Waals surface area (Å²) < 4.78 is 5.30. The lowest BCUT2D eigenvalue weighted by atomic mass is 10.2. The number of hydrogen-bond donors (Lipinski definition) is 1. The van der Waals surface area contributed by atoms with Crippen LogP contribution in [0.15, 0.2) is 47.6 Å². The van der Waals surface area contributed by atoms with E-state index in [4.69, 9.17) is 27.9 Å². The molecule has 0 saturated heterocycles. The van der Waals surface area contributed by atoms with E-state index in [1.165, 1.54) is 0 Å². The Labute approximate surface area is 138 Å². The van der Waals surface area contributed by atoms with Crippen molar-refractivity contribution in [1.82, 2.24) is 5.43 Å². The van der Waals surface area contributed by atoms with E-state index in [9.17, 15) is 4.79 Å². The van der Waals surface area contributed by atoms with Crippen molar-refractivity contribution in [1.29, 1.82) is 0 Å². The van der Waals surface area contributed by atoms with E-state index in [1.54, 1.807) is 24.4 Å². The van der Waals surface area contributed by atoms with Crippen molar-refractivity contribution in [2.24, 2.45) is 5.10 Å². The maximum absolute atomic E-state index is 11.6. The van der Waals surface area contributed by atoms with Crippen molar-refractivity contribution in [2.45, 2.75) is 6.92 Å². The van der Waals surface area contributed by atoms with Gasteiger partial charge in [0, 0.05) is 5.02 Å². The molecule has 0 bridgehead atoms. The summed E-state index contributed by atoms with van der Waals surface area (Å²) in [6.07, 6.45) is 1.57. The fraction of sp³-hybridized carbons (Fsp3) is 0.125. The van der Waals surface area contributed by atoms with Crippen LogP contribution in [-0.4, -0.2) is 18.7 Å². The number of aryl methyl sites for hydroxylation is 1. The van der Waals surface area contributed by atoms with Gasteiger partial charge in [-0.25, -0.2) is 5.43 Å². The summed E-state index contributed by atoms with van der Waals surface area (Å²) in [6, 6.07) is 12.5. The van der Waals surface area contributed by atoms with Crippen molar-refractivity contribution < 1.29 is 9.53 Å². The fourth-order valence-electron chi connectivity index (χ4n) is 1.70. The van der Waals surface area contributed by atoms with Crippen LogP contribution in [0.3, 0.4) is 0 Å². The summed E-state index contributed by atoms with van der Waals surface area (Å²) in [5, 5.41) is 4.73. The van der Waals surface area contributed by atoms with Crippen LogP contribution < -0.4 is 10.2 Å². The number of amides is 1. The topological polar surface area (TPSA) is 50.7 Å². The van der Waals surface area contributed by atoms with Crippen molar-refractivity contribution in [2.75, 3.05) is 6.61 Å². The molecule has 114 valence electrons. The number of nitrogens with one attached hydrogen (secondary N) is 1. The van der Waals surface area contributed by atoms with E-state index in [0.717, 1.165) is 11.1 Å². The normalized spacial score (nSPS) is 10.7. The third-order valence-electron chi connectivity index (χ3n) is 2.70. The van der Waals surface area contributed by atoms with Gasteiger partial charge >= 0.3 is 0 Å². The van der Waals surface area contributed by atoms with Gasteiger partial charge in [0.2, 0.25) is 0 Å². The highest BCUT2D eigenvalue weighted by Gasteiger charge is 2.05. The van der Waals surface area contributed by atoms with E-state index in [2.05, 4.69) is 10.5 Å². The largest absolute Gasteiger partial charge is 0.482 e. The van der Waals surface area contributed by atoms with E-state index in [-0.39, 0.29) is 12.5 Å². The lowest BCUT2D eigenvalue weighted by molar-refractivity contribution is -0.123. The van der Waals surface area contributed by atoms with E-state index < -0.39 is 0 Å². The van der Waals surface area contributed by atoms with Crippen LogP contribution in [0.1, 0.15) is 11.1 Å². The van der Waals surface area contributed by atoms with Gasteiger partial charge in [0.1, 0.15) is 5.75 Å². The highest BCUT2D eigenvalue weighted by atomic mass is 35.5. The van der Waals surface area contributed by atoms with Crippen LogP contribution in [0, 0.1) is 6.92 Å². The smallest absolute Gasteiger partial charge is 0.277 e. The maximum Gasteiger partial charge on any atom is 0.277 e. The first-order valence-corrected chi connectivity index (χ1v) is 7.26. The lowest BCUT2D eigenvalue weighted by Gasteiger charge is -2.06. The standard InChI is InChI=1S/C16H14Cl2N2O2/c1-11-3-2-4-12(7-11)9-19-20-16(21)10-22-15-6-5-13(17)8-14(15)18/h2-9H,10H2,1H3,(H,20,21). The summed E-state index contributed by atoms with van der Waals surface area (Å²) in [5.41, 5.74) is 4.41. The first-order valence-electron chi connectivity index (χ1n) is 6.51. The minimum absolute atomic E-state index is 0.188. The number of carbonyl (C=O) groups excluding carboxylic acids is 1. The lowest BCUT2D eigenvalue weighted by Crippen LogP contribution is -2.24. The average Bonchev–Trinajstić information content (AvgIpc) is 2.46. The van der Waals surface area contributed by atoms with Crippen LogP contribution >= 0.6 is 23.2 Å². The Hall–Kier alpha value is -2.04. The zero-order valence-electron chi connectivity index (χ0n) is 11.8. The number of carbonyl (C=O) groups is 1. The molecule has 0 aliphatic rings. The Kier molecular flexibility index (Phi) is 5.81. The first kappa shape index (κ1) is 16.3. The zero-order chi connectivity index (χ0) is 15.9. The van der Waals surface area contributed by atoms with Gasteiger partial charge in [0.05, 0.1) is 11.2 Å². The molecule has 0 spiro atoms. The Balaban J connectivity index is 1.83.